The van der Waals surface area contributed by atoms with Crippen LogP contribution in [0.2, 0.25) is 0 Å². The molecule has 2 unspecified atom stereocenters. The monoisotopic (exact) mass is 184 g/mol. The smallest absolute Gasteiger partial charge is 0.309 e. The highest BCUT2D eigenvalue weighted by molar-refractivity contribution is 5.74. The van der Waals surface area contributed by atoms with Gasteiger partial charge in [-0.15, -0.1) is 0 Å². The second-order valence-electron chi connectivity index (χ2n) is 5.29. The average Bonchev–Trinajstić information content (AvgIpc) is 1.99. The van der Waals surface area contributed by atoms with Crippen LogP contribution < -0.4 is 0 Å². The van der Waals surface area contributed by atoms with Crippen LogP contribution in [0.3, 0.4) is 0 Å². The number of rotatable bonds is 1. The molecular formula is C11H20O2. The normalized spacial score (nSPS) is 38.6. The molecule has 0 spiro atoms. The van der Waals surface area contributed by atoms with Crippen LogP contribution in [0.1, 0.15) is 47.0 Å². The van der Waals surface area contributed by atoms with Crippen molar-refractivity contribution >= 4 is 5.97 Å². The quantitative estimate of drug-likeness (QED) is 0.680. The summed E-state index contributed by atoms with van der Waals surface area (Å²) in [6, 6.07) is 0. The van der Waals surface area contributed by atoms with Gasteiger partial charge in [0.05, 0.1) is 5.41 Å². The van der Waals surface area contributed by atoms with E-state index in [4.69, 9.17) is 0 Å². The van der Waals surface area contributed by atoms with E-state index in [0.717, 1.165) is 19.3 Å². The van der Waals surface area contributed by atoms with Crippen molar-refractivity contribution in [1.82, 2.24) is 0 Å². The van der Waals surface area contributed by atoms with Crippen LogP contribution in [0.5, 0.6) is 0 Å². The molecule has 2 atom stereocenters. The van der Waals surface area contributed by atoms with Crippen LogP contribution in [0.25, 0.3) is 0 Å². The molecule has 1 aliphatic rings. The van der Waals surface area contributed by atoms with Gasteiger partial charge in [-0.05, 0) is 31.1 Å². The third-order valence-electron chi connectivity index (χ3n) is 4.13. The molecule has 0 saturated heterocycles. The number of carboxylic acids is 1. The van der Waals surface area contributed by atoms with Gasteiger partial charge < -0.3 is 5.11 Å². The highest BCUT2D eigenvalue weighted by atomic mass is 16.4. The van der Waals surface area contributed by atoms with Gasteiger partial charge in [-0.1, -0.05) is 27.2 Å². The maximum atomic E-state index is 11.2. The standard InChI is InChI=1S/C11H20O2/c1-8-10(2,3)6-5-7-11(8,4)9(12)13/h8H,5-7H2,1-4H3,(H,12,13). The van der Waals surface area contributed by atoms with Crippen molar-refractivity contribution in [1.29, 1.82) is 0 Å². The average molecular weight is 184 g/mol. The summed E-state index contributed by atoms with van der Waals surface area (Å²) in [5.74, 6) is -0.376. The Kier molecular flexibility index (Phi) is 2.44. The SMILES string of the molecule is CC1C(C)(C)CCCC1(C)C(=O)O. The van der Waals surface area contributed by atoms with Gasteiger partial charge in [-0.2, -0.15) is 0 Å². The van der Waals surface area contributed by atoms with Crippen molar-refractivity contribution < 1.29 is 9.90 Å². The summed E-state index contributed by atoms with van der Waals surface area (Å²) in [6.07, 6.45) is 3.02. The Labute approximate surface area is 80.3 Å². The molecule has 1 fully saturated rings. The summed E-state index contributed by atoms with van der Waals surface area (Å²) in [6.45, 7) is 8.32. The first kappa shape index (κ1) is 10.6. The molecule has 0 heterocycles. The van der Waals surface area contributed by atoms with E-state index in [1.54, 1.807) is 0 Å². The molecule has 1 aliphatic carbocycles. The second-order valence-corrected chi connectivity index (χ2v) is 5.29. The molecule has 76 valence electrons. The fourth-order valence-electron chi connectivity index (χ4n) is 2.50. The van der Waals surface area contributed by atoms with Gasteiger partial charge in [0.25, 0.3) is 0 Å². The maximum absolute atomic E-state index is 11.2. The molecule has 0 aromatic rings. The summed E-state index contributed by atoms with van der Waals surface area (Å²) in [4.78, 5) is 11.2. The van der Waals surface area contributed by atoms with Gasteiger partial charge in [-0.25, -0.2) is 0 Å². The van der Waals surface area contributed by atoms with Crippen molar-refractivity contribution in [3.63, 3.8) is 0 Å². The summed E-state index contributed by atoms with van der Waals surface area (Å²) in [5.41, 5.74) is -0.340. The van der Waals surface area contributed by atoms with E-state index in [0.29, 0.717) is 0 Å². The topological polar surface area (TPSA) is 37.3 Å². The van der Waals surface area contributed by atoms with Crippen molar-refractivity contribution in [2.24, 2.45) is 16.7 Å². The fourth-order valence-corrected chi connectivity index (χ4v) is 2.50. The Bertz CT molecular complexity index is 220. The van der Waals surface area contributed by atoms with E-state index < -0.39 is 11.4 Å². The third kappa shape index (κ3) is 1.59. The van der Waals surface area contributed by atoms with Crippen molar-refractivity contribution in [3.8, 4) is 0 Å². The first-order valence-electron chi connectivity index (χ1n) is 5.04. The zero-order valence-corrected chi connectivity index (χ0v) is 9.05. The molecule has 0 aromatic carbocycles. The Hall–Kier alpha value is -0.530. The first-order chi connectivity index (χ1) is 5.81. The van der Waals surface area contributed by atoms with Crippen LogP contribution in [-0.4, -0.2) is 11.1 Å². The molecule has 13 heavy (non-hydrogen) atoms. The molecule has 2 nitrogen and oxygen atoms in total. The van der Waals surface area contributed by atoms with E-state index in [-0.39, 0.29) is 11.3 Å². The molecule has 0 aliphatic heterocycles. The Morgan fingerprint density at radius 2 is 1.85 bits per heavy atom. The molecule has 0 radical (unpaired) electrons. The van der Waals surface area contributed by atoms with E-state index in [1.807, 2.05) is 6.92 Å². The highest BCUT2D eigenvalue weighted by Crippen LogP contribution is 2.50. The van der Waals surface area contributed by atoms with Crippen LogP contribution in [0.15, 0.2) is 0 Å². The summed E-state index contributed by atoms with van der Waals surface area (Å²) in [5, 5.41) is 9.20. The molecule has 1 saturated carbocycles. The van der Waals surface area contributed by atoms with Gasteiger partial charge in [0.15, 0.2) is 0 Å². The zero-order chi connectivity index (χ0) is 10.3. The summed E-state index contributed by atoms with van der Waals surface area (Å²) < 4.78 is 0. The maximum Gasteiger partial charge on any atom is 0.309 e. The van der Waals surface area contributed by atoms with Crippen LogP contribution in [0, 0.1) is 16.7 Å². The predicted molar refractivity (Wildman–Crippen MR) is 52.5 cm³/mol. The highest BCUT2D eigenvalue weighted by Gasteiger charge is 2.48. The van der Waals surface area contributed by atoms with E-state index in [1.165, 1.54) is 0 Å². The lowest BCUT2D eigenvalue weighted by atomic mass is 9.57. The third-order valence-corrected chi connectivity index (χ3v) is 4.13. The number of hydrogen-bond acceptors (Lipinski definition) is 1. The zero-order valence-electron chi connectivity index (χ0n) is 9.05. The van der Waals surface area contributed by atoms with Crippen LogP contribution in [0.4, 0.5) is 0 Å². The largest absolute Gasteiger partial charge is 0.481 e. The Balaban J connectivity index is 2.94. The van der Waals surface area contributed by atoms with Gasteiger partial charge in [-0.3, -0.25) is 4.79 Å². The minimum absolute atomic E-state index is 0.172. The molecule has 1 rings (SSSR count). The van der Waals surface area contributed by atoms with E-state index >= 15 is 0 Å². The van der Waals surface area contributed by atoms with Gasteiger partial charge in [0.2, 0.25) is 0 Å². The lowest BCUT2D eigenvalue weighted by Gasteiger charge is -2.46. The fraction of sp³-hybridized carbons (Fsp3) is 0.909. The molecule has 1 N–H and O–H groups in total. The molecule has 0 bridgehead atoms. The molecule has 0 amide bonds. The van der Waals surface area contributed by atoms with Crippen molar-refractivity contribution in [3.05, 3.63) is 0 Å². The minimum Gasteiger partial charge on any atom is -0.481 e. The van der Waals surface area contributed by atoms with Crippen LogP contribution in [-0.2, 0) is 4.79 Å². The molecule has 2 heteroatoms. The predicted octanol–water partition coefficient (Wildman–Crippen LogP) is 2.92. The lowest BCUT2D eigenvalue weighted by Crippen LogP contribution is -2.45. The number of aliphatic carboxylic acids is 1. The second kappa shape index (κ2) is 3.00. The van der Waals surface area contributed by atoms with Crippen molar-refractivity contribution in [2.45, 2.75) is 47.0 Å². The molecular weight excluding hydrogens is 164 g/mol. The number of hydrogen-bond donors (Lipinski definition) is 1. The number of carbonyl (C=O) groups is 1. The van der Waals surface area contributed by atoms with E-state index in [9.17, 15) is 9.90 Å². The molecule has 0 aromatic heterocycles. The van der Waals surface area contributed by atoms with Gasteiger partial charge in [0, 0.05) is 0 Å². The van der Waals surface area contributed by atoms with Crippen LogP contribution >= 0.6 is 0 Å². The minimum atomic E-state index is -0.632. The number of carboxylic acid groups (broad SMARTS) is 1. The summed E-state index contributed by atoms with van der Waals surface area (Å²) in [7, 11) is 0. The lowest BCUT2D eigenvalue weighted by molar-refractivity contribution is -0.157. The Morgan fingerprint density at radius 1 is 1.31 bits per heavy atom. The summed E-state index contributed by atoms with van der Waals surface area (Å²) >= 11 is 0. The van der Waals surface area contributed by atoms with Gasteiger partial charge >= 0.3 is 5.97 Å². The Morgan fingerprint density at radius 3 is 2.23 bits per heavy atom. The van der Waals surface area contributed by atoms with E-state index in [2.05, 4.69) is 20.8 Å². The van der Waals surface area contributed by atoms with Crippen molar-refractivity contribution in [2.75, 3.05) is 0 Å². The first-order valence-corrected chi connectivity index (χ1v) is 5.04. The van der Waals surface area contributed by atoms with Gasteiger partial charge in [0.1, 0.15) is 0 Å².